The van der Waals surface area contributed by atoms with Crippen LogP contribution in [-0.4, -0.2) is 9.97 Å². The van der Waals surface area contributed by atoms with E-state index in [-0.39, 0.29) is 0 Å². The highest BCUT2D eigenvalue weighted by molar-refractivity contribution is 9.10. The summed E-state index contributed by atoms with van der Waals surface area (Å²) in [7, 11) is 0. The first kappa shape index (κ1) is 15.9. The number of nitrogens with one attached hydrogen (secondary N) is 1. The van der Waals surface area contributed by atoms with Crippen molar-refractivity contribution in [3.05, 3.63) is 50.6 Å². The third-order valence-corrected chi connectivity index (χ3v) is 3.99. The molecule has 0 fully saturated rings. The van der Waals surface area contributed by atoms with Gasteiger partial charge in [-0.05, 0) is 62.6 Å². The van der Waals surface area contributed by atoms with Crippen LogP contribution in [0.5, 0.6) is 0 Å². The summed E-state index contributed by atoms with van der Waals surface area (Å²) < 4.78 is 1.06. The van der Waals surface area contributed by atoms with Crippen LogP contribution in [0.15, 0.2) is 22.7 Å². The number of hydrogen-bond acceptors (Lipinski definition) is 3. The van der Waals surface area contributed by atoms with Gasteiger partial charge >= 0.3 is 0 Å². The number of rotatable bonds is 3. The largest absolute Gasteiger partial charge is 0.389 e. The zero-order valence-corrected chi connectivity index (χ0v) is 14.9. The maximum Gasteiger partial charge on any atom is 0.141 e. The smallest absolute Gasteiger partial charge is 0.141 e. The molecule has 0 atom stereocenters. The summed E-state index contributed by atoms with van der Waals surface area (Å²) in [5.41, 5.74) is 11.9. The molecule has 0 saturated carbocycles. The van der Waals surface area contributed by atoms with Crippen LogP contribution in [0.1, 0.15) is 27.9 Å². The molecule has 5 heteroatoms. The van der Waals surface area contributed by atoms with E-state index in [1.54, 1.807) is 0 Å². The second-order valence-electron chi connectivity index (χ2n) is 5.21. The van der Waals surface area contributed by atoms with Crippen molar-refractivity contribution in [1.29, 1.82) is 0 Å². The van der Waals surface area contributed by atoms with E-state index >= 15 is 0 Å². The SMILES string of the molecule is Cc1cc(C)c(C(N)=S)c(Nc2c(C)cc(Br)cc2C)n1. The summed E-state index contributed by atoms with van der Waals surface area (Å²) in [4.78, 5) is 4.92. The fourth-order valence-electron chi connectivity index (χ4n) is 2.46. The molecule has 21 heavy (non-hydrogen) atoms. The van der Waals surface area contributed by atoms with Gasteiger partial charge in [0, 0.05) is 15.9 Å². The molecular formula is C16H18BrN3S. The Hall–Kier alpha value is -1.46. The first-order valence-electron chi connectivity index (χ1n) is 6.61. The van der Waals surface area contributed by atoms with Gasteiger partial charge in [-0.2, -0.15) is 0 Å². The van der Waals surface area contributed by atoms with Crippen LogP contribution in [0.3, 0.4) is 0 Å². The number of thiocarbonyl (C=S) groups is 1. The number of pyridine rings is 1. The van der Waals surface area contributed by atoms with Crippen molar-refractivity contribution in [2.24, 2.45) is 5.73 Å². The lowest BCUT2D eigenvalue weighted by Gasteiger charge is -2.17. The maximum atomic E-state index is 5.86. The molecule has 0 bridgehead atoms. The van der Waals surface area contributed by atoms with Crippen molar-refractivity contribution >= 4 is 44.6 Å². The molecular weight excluding hydrogens is 346 g/mol. The molecule has 1 aromatic carbocycles. The summed E-state index contributed by atoms with van der Waals surface area (Å²) >= 11 is 8.68. The number of aromatic nitrogens is 1. The molecule has 3 N–H and O–H groups in total. The van der Waals surface area contributed by atoms with Crippen LogP contribution in [0, 0.1) is 27.7 Å². The predicted octanol–water partition coefficient (Wildman–Crippen LogP) is 4.46. The molecule has 0 saturated heterocycles. The third-order valence-electron chi connectivity index (χ3n) is 3.33. The van der Waals surface area contributed by atoms with E-state index in [1.165, 1.54) is 0 Å². The second kappa shape index (κ2) is 6.12. The van der Waals surface area contributed by atoms with E-state index in [1.807, 2.05) is 19.9 Å². The molecule has 0 amide bonds. The first-order valence-corrected chi connectivity index (χ1v) is 7.81. The first-order chi connectivity index (χ1) is 9.79. The molecule has 2 rings (SSSR count). The Labute approximate surface area is 139 Å². The minimum atomic E-state index is 0.356. The molecule has 0 radical (unpaired) electrons. The van der Waals surface area contributed by atoms with Crippen LogP contribution in [0.2, 0.25) is 0 Å². The van der Waals surface area contributed by atoms with E-state index in [0.29, 0.717) is 10.8 Å². The van der Waals surface area contributed by atoms with E-state index in [4.69, 9.17) is 18.0 Å². The van der Waals surface area contributed by atoms with Crippen LogP contribution >= 0.6 is 28.1 Å². The van der Waals surface area contributed by atoms with Crippen LogP contribution in [-0.2, 0) is 0 Å². The Morgan fingerprint density at radius 2 is 1.67 bits per heavy atom. The molecule has 1 heterocycles. The molecule has 0 aliphatic heterocycles. The van der Waals surface area contributed by atoms with Crippen molar-refractivity contribution in [2.45, 2.75) is 27.7 Å². The Morgan fingerprint density at radius 1 is 1.10 bits per heavy atom. The van der Waals surface area contributed by atoms with Gasteiger partial charge in [-0.1, -0.05) is 28.1 Å². The highest BCUT2D eigenvalue weighted by Crippen LogP contribution is 2.29. The van der Waals surface area contributed by atoms with Gasteiger partial charge in [-0.15, -0.1) is 0 Å². The van der Waals surface area contributed by atoms with Gasteiger partial charge in [-0.3, -0.25) is 0 Å². The third kappa shape index (κ3) is 3.41. The van der Waals surface area contributed by atoms with Crippen molar-refractivity contribution < 1.29 is 0 Å². The zero-order chi connectivity index (χ0) is 15.7. The summed E-state index contributed by atoms with van der Waals surface area (Å²) in [6, 6.07) is 6.12. The zero-order valence-electron chi connectivity index (χ0n) is 12.5. The lowest BCUT2D eigenvalue weighted by molar-refractivity contribution is 1.16. The number of benzene rings is 1. The Balaban J connectivity index is 2.57. The molecule has 2 aromatic rings. The maximum absolute atomic E-state index is 5.86. The van der Waals surface area contributed by atoms with Crippen molar-refractivity contribution in [3.8, 4) is 0 Å². The molecule has 0 aliphatic rings. The monoisotopic (exact) mass is 363 g/mol. The number of hydrogen-bond donors (Lipinski definition) is 2. The van der Waals surface area contributed by atoms with Crippen LogP contribution in [0.25, 0.3) is 0 Å². The van der Waals surface area contributed by atoms with Gasteiger partial charge < -0.3 is 11.1 Å². The fourth-order valence-corrected chi connectivity index (χ4v) is 3.41. The number of anilines is 2. The highest BCUT2D eigenvalue weighted by atomic mass is 79.9. The Bertz CT molecular complexity index is 703. The lowest BCUT2D eigenvalue weighted by atomic mass is 10.1. The number of nitrogens with zero attached hydrogens (tertiary/aromatic N) is 1. The van der Waals surface area contributed by atoms with Gasteiger partial charge in [0.2, 0.25) is 0 Å². The van der Waals surface area contributed by atoms with Gasteiger partial charge in [0.15, 0.2) is 0 Å². The molecule has 110 valence electrons. The second-order valence-corrected chi connectivity index (χ2v) is 6.56. The number of nitrogens with two attached hydrogens (primary N) is 1. The number of aryl methyl sites for hydroxylation is 4. The molecule has 0 aliphatic carbocycles. The van der Waals surface area contributed by atoms with Gasteiger partial charge in [0.05, 0.1) is 5.56 Å². The Kier molecular flexibility index (Phi) is 4.64. The topological polar surface area (TPSA) is 50.9 Å². The standard InChI is InChI=1S/C16H18BrN3S/c1-8-5-11(4)19-16(13(8)15(18)21)20-14-9(2)6-12(17)7-10(14)3/h5-7H,1-4H3,(H2,18,21)(H,19,20). The van der Waals surface area contributed by atoms with E-state index in [0.717, 1.165) is 38.1 Å². The predicted molar refractivity (Wildman–Crippen MR) is 96.5 cm³/mol. The van der Waals surface area contributed by atoms with Crippen molar-refractivity contribution in [3.63, 3.8) is 0 Å². The van der Waals surface area contributed by atoms with Gasteiger partial charge in [0.1, 0.15) is 10.8 Å². The highest BCUT2D eigenvalue weighted by Gasteiger charge is 2.14. The average Bonchev–Trinajstić information content (AvgIpc) is 2.32. The Morgan fingerprint density at radius 3 is 2.19 bits per heavy atom. The lowest BCUT2D eigenvalue weighted by Crippen LogP contribution is -2.16. The molecule has 0 spiro atoms. The van der Waals surface area contributed by atoms with Crippen molar-refractivity contribution in [2.75, 3.05) is 5.32 Å². The van der Waals surface area contributed by atoms with Crippen molar-refractivity contribution in [1.82, 2.24) is 4.98 Å². The summed E-state index contributed by atoms with van der Waals surface area (Å²) in [5.74, 6) is 0.716. The van der Waals surface area contributed by atoms with Gasteiger partial charge in [-0.25, -0.2) is 4.98 Å². The minimum Gasteiger partial charge on any atom is -0.389 e. The van der Waals surface area contributed by atoms with Crippen LogP contribution in [0.4, 0.5) is 11.5 Å². The molecule has 0 unspecified atom stereocenters. The fraction of sp³-hybridized carbons (Fsp3) is 0.250. The molecule has 1 aromatic heterocycles. The summed E-state index contributed by atoms with van der Waals surface area (Å²) in [5, 5.41) is 3.40. The minimum absolute atomic E-state index is 0.356. The van der Waals surface area contributed by atoms with E-state index in [9.17, 15) is 0 Å². The summed E-state index contributed by atoms with van der Waals surface area (Å²) in [6.45, 7) is 8.07. The quantitative estimate of drug-likeness (QED) is 0.790. The van der Waals surface area contributed by atoms with E-state index in [2.05, 4.69) is 52.2 Å². The summed E-state index contributed by atoms with van der Waals surface area (Å²) in [6.07, 6.45) is 0. The average molecular weight is 364 g/mol. The van der Waals surface area contributed by atoms with Gasteiger partial charge in [0.25, 0.3) is 0 Å². The normalized spacial score (nSPS) is 10.5. The molecule has 3 nitrogen and oxygen atoms in total. The van der Waals surface area contributed by atoms with Crippen LogP contribution < -0.4 is 11.1 Å². The van der Waals surface area contributed by atoms with E-state index < -0.39 is 0 Å². The number of halogens is 1.